The van der Waals surface area contributed by atoms with E-state index in [2.05, 4.69) is 58.0 Å². The zero-order valence-corrected chi connectivity index (χ0v) is 17.3. The molecular formula is C19H18Cl3O3P. The van der Waals surface area contributed by atoms with Gasteiger partial charge in [0.1, 0.15) is 18.6 Å². The number of benzene rings is 2. The zero-order valence-electron chi connectivity index (χ0n) is 14.1. The fourth-order valence-electron chi connectivity index (χ4n) is 2.75. The largest absolute Gasteiger partial charge is 0.489 e. The molecule has 0 aliphatic heterocycles. The van der Waals surface area contributed by atoms with E-state index >= 15 is 0 Å². The van der Waals surface area contributed by atoms with Gasteiger partial charge in [0.15, 0.2) is 0 Å². The summed E-state index contributed by atoms with van der Waals surface area (Å²) in [5.41, 5.74) is 5.62. The molecule has 3 nitrogen and oxygen atoms in total. The Balaban J connectivity index is 0.000000431. The molecule has 1 aliphatic rings. The molecule has 0 bridgehead atoms. The van der Waals surface area contributed by atoms with E-state index in [0.29, 0.717) is 6.61 Å². The van der Waals surface area contributed by atoms with Crippen LogP contribution in [0.4, 0.5) is 0 Å². The van der Waals surface area contributed by atoms with Crippen LogP contribution in [0.2, 0.25) is 0 Å². The highest BCUT2D eigenvalue weighted by Gasteiger charge is 2.16. The number of halogens is 3. The molecule has 138 valence electrons. The van der Waals surface area contributed by atoms with Gasteiger partial charge >= 0.3 is 5.20 Å². The van der Waals surface area contributed by atoms with Gasteiger partial charge in [-0.25, -0.2) is 0 Å². The van der Waals surface area contributed by atoms with Gasteiger partial charge < -0.3 is 4.74 Å². The first-order valence-electron chi connectivity index (χ1n) is 7.92. The van der Waals surface area contributed by atoms with E-state index in [1.54, 1.807) is 0 Å². The summed E-state index contributed by atoms with van der Waals surface area (Å²) in [6, 6.07) is 16.3. The van der Waals surface area contributed by atoms with Gasteiger partial charge in [-0.1, -0.05) is 36.4 Å². The monoisotopic (exact) mass is 430 g/mol. The van der Waals surface area contributed by atoms with Gasteiger partial charge in [0.2, 0.25) is 0 Å². The second kappa shape index (κ2) is 9.62. The maximum atomic E-state index is 11.0. The number of carbonyl (C=O) groups excluding carboxylic acids is 1. The molecule has 0 heterocycles. The van der Waals surface area contributed by atoms with Gasteiger partial charge in [-0.15, -0.1) is 0 Å². The highest BCUT2D eigenvalue weighted by atomic mass is 36.0. The predicted molar refractivity (Wildman–Crippen MR) is 109 cm³/mol. The van der Waals surface area contributed by atoms with Crippen molar-refractivity contribution in [3.05, 3.63) is 70.8 Å². The van der Waals surface area contributed by atoms with Crippen molar-refractivity contribution in [3.63, 3.8) is 0 Å². The molecule has 0 unspecified atom stereocenters. The van der Waals surface area contributed by atoms with Crippen LogP contribution in [0.3, 0.4) is 0 Å². The third-order valence-corrected chi connectivity index (χ3v) is 4.02. The smallest absolute Gasteiger partial charge is 0.339 e. The molecule has 0 fully saturated rings. The summed E-state index contributed by atoms with van der Waals surface area (Å²) in [6.45, 7) is 2.60. The average Bonchev–Trinajstić information content (AvgIpc) is 2.60. The van der Waals surface area contributed by atoms with E-state index in [1.165, 1.54) is 11.1 Å². The molecule has 2 aromatic carbocycles. The Morgan fingerprint density at radius 2 is 1.73 bits per heavy atom. The summed E-state index contributed by atoms with van der Waals surface area (Å²) in [6.07, 6.45) is 2.71. The molecule has 0 atom stereocenters. The fraction of sp³-hybridized carbons (Fsp3) is 0.211. The standard InChI is InChI=1S/C19H18O2.Cl3OP/c1-14-17(12-20)8-7-16-11-18(9-10-19(14)16)21-13-15-5-3-2-4-6-15;1-5(2,3)4/h2-6,9-12H,7-8,13H2,1H3;. The van der Waals surface area contributed by atoms with Crippen molar-refractivity contribution in [2.45, 2.75) is 26.4 Å². The first-order valence-corrected chi connectivity index (χ1v) is 12.3. The number of ether oxygens (including phenoxy) is 1. The Morgan fingerprint density at radius 3 is 2.35 bits per heavy atom. The predicted octanol–water partition coefficient (Wildman–Crippen LogP) is 7.00. The Hall–Kier alpha value is -1.25. The average molecular weight is 432 g/mol. The lowest BCUT2D eigenvalue weighted by atomic mass is 9.87. The van der Waals surface area contributed by atoms with Crippen molar-refractivity contribution in [1.82, 2.24) is 0 Å². The summed E-state index contributed by atoms with van der Waals surface area (Å²) >= 11 is 13.8. The van der Waals surface area contributed by atoms with Crippen molar-refractivity contribution >= 4 is 50.8 Å². The number of aldehydes is 1. The van der Waals surface area contributed by atoms with E-state index in [4.69, 9.17) is 4.74 Å². The van der Waals surface area contributed by atoms with Gasteiger partial charge in [-0.2, -0.15) is 0 Å². The van der Waals surface area contributed by atoms with Crippen molar-refractivity contribution in [3.8, 4) is 5.75 Å². The maximum Gasteiger partial charge on any atom is 0.339 e. The SMILES string of the molecule is CC1=C(C=O)CCc2cc(OCc3ccccc3)ccc21.O=P(Cl)(Cl)Cl. The molecule has 0 saturated carbocycles. The van der Waals surface area contributed by atoms with Gasteiger partial charge in [0, 0.05) is 0 Å². The molecule has 0 N–H and O–H groups in total. The summed E-state index contributed by atoms with van der Waals surface area (Å²) in [7, 11) is 0. The molecule has 0 aromatic heterocycles. The van der Waals surface area contributed by atoms with E-state index < -0.39 is 5.20 Å². The second-order valence-corrected chi connectivity index (χ2v) is 12.4. The van der Waals surface area contributed by atoms with Crippen molar-refractivity contribution in [2.75, 3.05) is 0 Å². The zero-order chi connectivity index (χ0) is 19.2. The quantitative estimate of drug-likeness (QED) is 0.387. The summed E-state index contributed by atoms with van der Waals surface area (Å²) in [5, 5.41) is -3.22. The van der Waals surface area contributed by atoms with Crippen LogP contribution in [-0.4, -0.2) is 6.29 Å². The molecule has 7 heteroatoms. The van der Waals surface area contributed by atoms with E-state index in [9.17, 15) is 9.36 Å². The minimum atomic E-state index is -3.22. The molecule has 2 aromatic rings. The molecule has 3 rings (SSSR count). The summed E-state index contributed by atoms with van der Waals surface area (Å²) in [5.74, 6) is 0.889. The fourth-order valence-corrected chi connectivity index (χ4v) is 2.75. The van der Waals surface area contributed by atoms with E-state index in [-0.39, 0.29) is 0 Å². The van der Waals surface area contributed by atoms with E-state index in [1.807, 2.05) is 31.2 Å². The van der Waals surface area contributed by atoms with Crippen molar-refractivity contribution in [2.24, 2.45) is 0 Å². The summed E-state index contributed by atoms with van der Waals surface area (Å²) in [4.78, 5) is 11.0. The molecule has 26 heavy (non-hydrogen) atoms. The lowest BCUT2D eigenvalue weighted by Crippen LogP contribution is -2.05. The third kappa shape index (κ3) is 6.81. The van der Waals surface area contributed by atoms with Crippen LogP contribution >= 0.6 is 38.9 Å². The van der Waals surface area contributed by atoms with Crippen molar-refractivity contribution < 1.29 is 14.1 Å². The number of hydrogen-bond donors (Lipinski definition) is 0. The summed E-state index contributed by atoms with van der Waals surface area (Å²) < 4.78 is 15.4. The van der Waals surface area contributed by atoms with Gasteiger partial charge in [-0.3, -0.25) is 9.36 Å². The Morgan fingerprint density at radius 1 is 1.08 bits per heavy atom. The van der Waals surface area contributed by atoms with Gasteiger partial charge in [0.25, 0.3) is 0 Å². The van der Waals surface area contributed by atoms with Crippen LogP contribution in [0.15, 0.2) is 54.1 Å². The molecular weight excluding hydrogens is 414 g/mol. The highest BCUT2D eigenvalue weighted by Crippen LogP contribution is 2.61. The van der Waals surface area contributed by atoms with Gasteiger partial charge in [-0.05, 0) is 93.5 Å². The topological polar surface area (TPSA) is 43.4 Å². The number of aryl methyl sites for hydroxylation is 1. The lowest BCUT2D eigenvalue weighted by Gasteiger charge is -2.19. The lowest BCUT2D eigenvalue weighted by molar-refractivity contribution is -0.105. The van der Waals surface area contributed by atoms with Gasteiger partial charge in [0.05, 0.1) is 0 Å². The number of allylic oxidation sites excluding steroid dienone is 2. The van der Waals surface area contributed by atoms with Crippen LogP contribution in [0.5, 0.6) is 5.75 Å². The number of rotatable bonds is 4. The van der Waals surface area contributed by atoms with E-state index in [0.717, 1.165) is 41.6 Å². The third-order valence-electron chi connectivity index (χ3n) is 4.02. The Kier molecular flexibility index (Phi) is 7.79. The van der Waals surface area contributed by atoms with Crippen LogP contribution < -0.4 is 4.74 Å². The number of hydrogen-bond acceptors (Lipinski definition) is 3. The van der Waals surface area contributed by atoms with Crippen LogP contribution in [0.25, 0.3) is 5.57 Å². The Bertz CT molecular complexity index is 836. The second-order valence-electron chi connectivity index (χ2n) is 5.76. The molecule has 0 amide bonds. The number of carbonyl (C=O) groups is 1. The molecule has 0 spiro atoms. The van der Waals surface area contributed by atoms with Crippen LogP contribution in [0.1, 0.15) is 30.0 Å². The highest BCUT2D eigenvalue weighted by molar-refractivity contribution is 8.24. The first kappa shape index (κ1) is 21.1. The first-order chi connectivity index (χ1) is 12.3. The normalized spacial score (nSPS) is 13.4. The van der Waals surface area contributed by atoms with Crippen LogP contribution in [-0.2, 0) is 22.4 Å². The minimum Gasteiger partial charge on any atom is -0.489 e. The molecule has 1 aliphatic carbocycles. The van der Waals surface area contributed by atoms with Crippen molar-refractivity contribution in [1.29, 1.82) is 0 Å². The Labute approximate surface area is 167 Å². The minimum absolute atomic E-state index is 0.577. The number of fused-ring (bicyclic) bond motifs is 1. The maximum absolute atomic E-state index is 11.0. The molecule has 0 saturated heterocycles. The molecule has 0 radical (unpaired) electrons. The van der Waals surface area contributed by atoms with Crippen LogP contribution in [0, 0.1) is 0 Å².